The van der Waals surface area contributed by atoms with Crippen LogP contribution in [0.25, 0.3) is 12.2 Å². The van der Waals surface area contributed by atoms with E-state index in [1.807, 2.05) is 30.4 Å². The van der Waals surface area contributed by atoms with Crippen molar-refractivity contribution in [3.63, 3.8) is 0 Å². The van der Waals surface area contributed by atoms with Gasteiger partial charge in [-0.15, -0.1) is 5.73 Å². The second-order valence-corrected chi connectivity index (χ2v) is 2.07. The smallest absolute Gasteiger partial charge is 0.134 e. The molecule has 0 aliphatic heterocycles. The normalized spacial score (nSPS) is 13.2. The predicted molar refractivity (Wildman–Crippen MR) is 39.5 cm³/mol. The first-order valence-electron chi connectivity index (χ1n) is 3.13. The van der Waals surface area contributed by atoms with Crippen LogP contribution in [0.3, 0.4) is 0 Å². The van der Waals surface area contributed by atoms with Crippen LogP contribution in [-0.4, -0.2) is 0 Å². The summed E-state index contributed by atoms with van der Waals surface area (Å²) in [5, 5.41) is 1.11. The van der Waals surface area contributed by atoms with Gasteiger partial charge in [0.05, 0.1) is 6.26 Å². The minimum atomic E-state index is 0.904. The minimum Gasteiger partial charge on any atom is -0.464 e. The third kappa shape index (κ3) is 0.734. The van der Waals surface area contributed by atoms with E-state index >= 15 is 0 Å². The summed E-state index contributed by atoms with van der Waals surface area (Å²) in [6, 6.07) is 1.93. The summed E-state index contributed by atoms with van der Waals surface area (Å²) in [5.41, 5.74) is 3.86. The number of fused-ring (bicyclic) bond motifs is 1. The van der Waals surface area contributed by atoms with Crippen LogP contribution < -0.4 is 10.6 Å². The van der Waals surface area contributed by atoms with E-state index in [4.69, 9.17) is 4.42 Å². The van der Waals surface area contributed by atoms with E-state index in [9.17, 15) is 0 Å². The highest BCUT2D eigenvalue weighted by molar-refractivity contribution is 5.44. The van der Waals surface area contributed by atoms with Gasteiger partial charge in [-0.2, -0.15) is 0 Å². The number of hydrogen-bond donors (Lipinski definition) is 0. The van der Waals surface area contributed by atoms with E-state index in [1.54, 1.807) is 6.26 Å². The van der Waals surface area contributed by atoms with Crippen molar-refractivity contribution in [1.29, 1.82) is 0 Å². The van der Waals surface area contributed by atoms with Gasteiger partial charge in [0.1, 0.15) is 5.42 Å². The topological polar surface area (TPSA) is 13.1 Å². The number of rotatable bonds is 0. The Morgan fingerprint density at radius 2 is 2.10 bits per heavy atom. The number of furan rings is 1. The maximum absolute atomic E-state index is 5.16. The van der Waals surface area contributed by atoms with Crippen molar-refractivity contribution >= 4 is 12.2 Å². The molecule has 2 rings (SSSR count). The summed E-state index contributed by atoms with van der Waals surface area (Å²) < 4.78 is 5.16. The van der Waals surface area contributed by atoms with E-state index in [0.717, 1.165) is 10.6 Å². The first kappa shape index (κ1) is 5.33. The zero-order valence-electron chi connectivity index (χ0n) is 5.37. The lowest BCUT2D eigenvalue weighted by atomic mass is 10.4. The molecule has 1 aromatic heterocycles. The van der Waals surface area contributed by atoms with Gasteiger partial charge >= 0.3 is 0 Å². The highest BCUT2D eigenvalue weighted by atomic mass is 16.3. The average Bonchev–Trinajstić information content (AvgIpc) is 2.28. The Balaban J connectivity index is 2.94. The number of allylic oxidation sites excluding steroid dienone is 1. The second kappa shape index (κ2) is 2.05. The van der Waals surface area contributed by atoms with E-state index in [2.05, 4.69) is 5.73 Å². The van der Waals surface area contributed by atoms with Crippen LogP contribution in [0.2, 0.25) is 0 Å². The van der Waals surface area contributed by atoms with Crippen molar-refractivity contribution in [2.45, 2.75) is 0 Å². The molecule has 1 aliphatic carbocycles. The van der Waals surface area contributed by atoms with Crippen LogP contribution in [0.5, 0.6) is 0 Å². The lowest BCUT2D eigenvalue weighted by Crippen LogP contribution is -2.17. The molecule has 1 aromatic rings. The zero-order valence-corrected chi connectivity index (χ0v) is 5.37. The lowest BCUT2D eigenvalue weighted by molar-refractivity contribution is 0.531. The highest BCUT2D eigenvalue weighted by Gasteiger charge is 1.85. The zero-order chi connectivity index (χ0) is 6.81. The lowest BCUT2D eigenvalue weighted by Gasteiger charge is -1.69. The molecule has 0 radical (unpaired) electrons. The first-order chi connectivity index (χ1) is 4.97. The van der Waals surface area contributed by atoms with Gasteiger partial charge in [0.25, 0.3) is 0 Å². The Hall–Kier alpha value is -1.46. The fourth-order valence-corrected chi connectivity index (χ4v) is 0.921. The molecule has 48 valence electrons. The Morgan fingerprint density at radius 1 is 1.20 bits per heavy atom. The molecule has 1 heterocycles. The molecule has 0 N–H and O–H groups in total. The van der Waals surface area contributed by atoms with Crippen molar-refractivity contribution in [3.8, 4) is 0 Å². The third-order valence-electron chi connectivity index (χ3n) is 1.42. The molecule has 0 saturated carbocycles. The van der Waals surface area contributed by atoms with Gasteiger partial charge in [-0.25, -0.2) is 0 Å². The van der Waals surface area contributed by atoms with Crippen molar-refractivity contribution in [2.75, 3.05) is 0 Å². The van der Waals surface area contributed by atoms with Gasteiger partial charge in [0.15, 0.2) is 0 Å². The van der Waals surface area contributed by atoms with Gasteiger partial charge in [0.2, 0.25) is 0 Å². The fourth-order valence-electron chi connectivity index (χ4n) is 0.921. The summed E-state index contributed by atoms with van der Waals surface area (Å²) >= 11 is 0. The average molecular weight is 130 g/mol. The second-order valence-electron chi connectivity index (χ2n) is 2.07. The molecule has 0 saturated heterocycles. The molecular formula is C9H6O. The van der Waals surface area contributed by atoms with Crippen LogP contribution in [-0.2, 0) is 0 Å². The molecule has 1 aliphatic rings. The molecular weight excluding hydrogens is 124 g/mol. The van der Waals surface area contributed by atoms with Crippen molar-refractivity contribution < 1.29 is 4.42 Å². The van der Waals surface area contributed by atoms with E-state index in [-0.39, 0.29) is 0 Å². The maximum atomic E-state index is 5.16. The van der Waals surface area contributed by atoms with Gasteiger partial charge in [0, 0.05) is 5.22 Å². The third-order valence-corrected chi connectivity index (χ3v) is 1.42. The van der Waals surface area contributed by atoms with Crippen LogP contribution in [0, 0.1) is 0 Å². The van der Waals surface area contributed by atoms with Crippen LogP contribution in [0.15, 0.2) is 34.6 Å². The molecule has 0 fully saturated rings. The van der Waals surface area contributed by atoms with Crippen molar-refractivity contribution in [2.24, 2.45) is 0 Å². The Bertz CT molecular complexity index is 366. The number of hydrogen-bond acceptors (Lipinski definition) is 1. The van der Waals surface area contributed by atoms with Gasteiger partial charge < -0.3 is 4.42 Å². The Morgan fingerprint density at radius 3 is 3.10 bits per heavy atom. The SMILES string of the molecule is C1=CC=c2ccoc2=CC=1. The van der Waals surface area contributed by atoms with E-state index < -0.39 is 0 Å². The van der Waals surface area contributed by atoms with Gasteiger partial charge in [-0.05, 0) is 30.4 Å². The summed E-state index contributed by atoms with van der Waals surface area (Å²) in [6.45, 7) is 0. The maximum Gasteiger partial charge on any atom is 0.134 e. The quantitative estimate of drug-likeness (QED) is 0.468. The molecule has 1 heteroatoms. The first-order valence-corrected chi connectivity index (χ1v) is 3.13. The van der Waals surface area contributed by atoms with Crippen LogP contribution in [0.4, 0.5) is 0 Å². The van der Waals surface area contributed by atoms with Crippen molar-refractivity contribution in [1.82, 2.24) is 0 Å². The molecule has 0 amide bonds. The van der Waals surface area contributed by atoms with Gasteiger partial charge in [-0.1, -0.05) is 0 Å². The molecule has 0 unspecified atom stereocenters. The summed E-state index contributed by atoms with van der Waals surface area (Å²) in [4.78, 5) is 0. The van der Waals surface area contributed by atoms with E-state index in [0.29, 0.717) is 0 Å². The van der Waals surface area contributed by atoms with Gasteiger partial charge in [-0.3, -0.25) is 0 Å². The van der Waals surface area contributed by atoms with Crippen LogP contribution >= 0.6 is 0 Å². The summed E-state index contributed by atoms with van der Waals surface area (Å²) in [5.74, 6) is 0. The van der Waals surface area contributed by atoms with Crippen LogP contribution in [0.1, 0.15) is 0 Å². The summed E-state index contributed by atoms with van der Waals surface area (Å²) in [6.07, 6.45) is 9.27. The Kier molecular flexibility index (Phi) is 1.09. The predicted octanol–water partition coefficient (Wildman–Crippen LogP) is 0.566. The Labute approximate surface area is 58.3 Å². The largest absolute Gasteiger partial charge is 0.464 e. The molecule has 10 heavy (non-hydrogen) atoms. The molecule has 0 aromatic carbocycles. The van der Waals surface area contributed by atoms with Crippen molar-refractivity contribution in [3.05, 3.63) is 40.8 Å². The molecule has 0 bridgehead atoms. The molecule has 0 atom stereocenters. The fraction of sp³-hybridized carbons (Fsp3) is 0. The minimum absolute atomic E-state index is 0.904. The monoisotopic (exact) mass is 130 g/mol. The highest BCUT2D eigenvalue weighted by Crippen LogP contribution is 1.79. The molecule has 0 spiro atoms. The summed E-state index contributed by atoms with van der Waals surface area (Å²) in [7, 11) is 0. The van der Waals surface area contributed by atoms with E-state index in [1.165, 1.54) is 0 Å². The standard InChI is InChI=1S/C9H6O/c1-2-4-8-6-7-10-9(8)5-3-1/h2-7H. The molecule has 1 nitrogen and oxygen atoms in total.